The lowest BCUT2D eigenvalue weighted by Crippen LogP contribution is -2.10. The Hall–Kier alpha value is -1.42. The smallest absolute Gasteiger partial charge is 0.128 e. The molecule has 4 heteroatoms. The molecule has 0 aliphatic carbocycles. The Balaban J connectivity index is 2.19. The fourth-order valence-corrected chi connectivity index (χ4v) is 1.97. The van der Waals surface area contributed by atoms with Gasteiger partial charge in [0.05, 0.1) is 11.7 Å². The summed E-state index contributed by atoms with van der Waals surface area (Å²) in [6.07, 6.45) is 0. The van der Waals surface area contributed by atoms with E-state index in [1.807, 2.05) is 32.0 Å². The van der Waals surface area contributed by atoms with Crippen molar-refractivity contribution in [3.8, 4) is 0 Å². The van der Waals surface area contributed by atoms with Crippen LogP contribution in [0.15, 0.2) is 40.9 Å². The summed E-state index contributed by atoms with van der Waals surface area (Å²) >= 11 is 3.40. The molecule has 1 heterocycles. The van der Waals surface area contributed by atoms with Gasteiger partial charge in [-0.15, -0.1) is 0 Å². The first-order chi connectivity index (χ1) is 8.58. The maximum Gasteiger partial charge on any atom is 0.128 e. The molecule has 0 bridgehead atoms. The van der Waals surface area contributed by atoms with Gasteiger partial charge in [0, 0.05) is 10.0 Å². The van der Waals surface area contributed by atoms with Crippen LogP contribution in [-0.2, 0) is 0 Å². The zero-order valence-corrected chi connectivity index (χ0v) is 11.8. The van der Waals surface area contributed by atoms with E-state index in [1.165, 1.54) is 6.07 Å². The van der Waals surface area contributed by atoms with Crippen LogP contribution < -0.4 is 5.32 Å². The Morgan fingerprint density at radius 3 is 2.61 bits per heavy atom. The Bertz CT molecular complexity index is 557. The third-order valence-electron chi connectivity index (χ3n) is 2.76. The monoisotopic (exact) mass is 308 g/mol. The lowest BCUT2D eigenvalue weighted by Gasteiger charge is -2.16. The number of hydrogen-bond acceptors (Lipinski definition) is 2. The minimum absolute atomic E-state index is 0.126. The van der Waals surface area contributed by atoms with Gasteiger partial charge in [0.25, 0.3) is 0 Å². The third kappa shape index (κ3) is 2.88. The fourth-order valence-electron chi connectivity index (χ4n) is 1.75. The van der Waals surface area contributed by atoms with Gasteiger partial charge in [-0.25, -0.2) is 9.37 Å². The molecule has 94 valence electrons. The van der Waals surface area contributed by atoms with Crippen LogP contribution >= 0.6 is 15.9 Å². The molecule has 0 amide bonds. The van der Waals surface area contributed by atoms with Crippen LogP contribution in [-0.4, -0.2) is 4.98 Å². The van der Waals surface area contributed by atoms with Gasteiger partial charge in [-0.1, -0.05) is 18.2 Å². The van der Waals surface area contributed by atoms with Crippen LogP contribution in [0.25, 0.3) is 0 Å². The van der Waals surface area contributed by atoms with Crippen molar-refractivity contribution in [2.75, 3.05) is 5.32 Å². The van der Waals surface area contributed by atoms with Crippen LogP contribution in [0.5, 0.6) is 0 Å². The van der Waals surface area contributed by atoms with E-state index >= 15 is 0 Å². The lowest BCUT2D eigenvalue weighted by molar-refractivity contribution is 0.600. The third-order valence-corrected chi connectivity index (χ3v) is 3.60. The first kappa shape index (κ1) is 13.0. The topological polar surface area (TPSA) is 24.9 Å². The Morgan fingerprint density at radius 1 is 1.22 bits per heavy atom. The van der Waals surface area contributed by atoms with Crippen molar-refractivity contribution in [2.45, 2.75) is 19.9 Å². The molecule has 1 atom stereocenters. The number of anilines is 1. The Morgan fingerprint density at radius 2 is 1.94 bits per heavy atom. The summed E-state index contributed by atoms with van der Waals surface area (Å²) < 4.78 is 14.6. The van der Waals surface area contributed by atoms with Crippen molar-refractivity contribution in [1.82, 2.24) is 4.98 Å². The number of hydrogen-bond donors (Lipinski definition) is 1. The molecule has 0 aliphatic heterocycles. The van der Waals surface area contributed by atoms with E-state index in [0.717, 1.165) is 16.0 Å². The Labute approximate surface area is 114 Å². The Kier molecular flexibility index (Phi) is 3.97. The maximum absolute atomic E-state index is 13.6. The largest absolute Gasteiger partial charge is 0.363 e. The van der Waals surface area contributed by atoms with Crippen LogP contribution in [0.2, 0.25) is 0 Å². The van der Waals surface area contributed by atoms with Gasteiger partial charge >= 0.3 is 0 Å². The highest BCUT2D eigenvalue weighted by Crippen LogP contribution is 2.22. The summed E-state index contributed by atoms with van der Waals surface area (Å²) in [6.45, 7) is 3.83. The first-order valence-corrected chi connectivity index (χ1v) is 6.51. The van der Waals surface area contributed by atoms with Crippen LogP contribution in [0.4, 0.5) is 10.2 Å². The highest BCUT2D eigenvalue weighted by atomic mass is 79.9. The molecule has 0 aliphatic rings. The quantitative estimate of drug-likeness (QED) is 0.905. The summed E-state index contributed by atoms with van der Waals surface area (Å²) in [5, 5.41) is 3.20. The van der Waals surface area contributed by atoms with Crippen LogP contribution in [0.1, 0.15) is 24.2 Å². The standard InChI is InChI=1S/C14H14BrFN2/c1-9(11-5-3-4-6-13(11)16)17-14-8-7-12(15)10(2)18-14/h3-9H,1-2H3,(H,17,18). The average molecular weight is 309 g/mol. The van der Waals surface area contributed by atoms with E-state index in [2.05, 4.69) is 26.2 Å². The summed E-state index contributed by atoms with van der Waals surface area (Å²) in [5.74, 6) is 0.540. The van der Waals surface area contributed by atoms with Gasteiger partial charge in [0.1, 0.15) is 11.6 Å². The number of rotatable bonds is 3. The number of halogens is 2. The van der Waals surface area contributed by atoms with Gasteiger partial charge in [0.15, 0.2) is 0 Å². The molecule has 2 rings (SSSR count). The molecule has 0 fully saturated rings. The molecule has 0 spiro atoms. The van der Waals surface area contributed by atoms with Gasteiger partial charge < -0.3 is 5.32 Å². The summed E-state index contributed by atoms with van der Waals surface area (Å²) in [6, 6.07) is 10.4. The molecule has 1 aromatic heterocycles. The number of nitrogens with one attached hydrogen (secondary N) is 1. The second kappa shape index (κ2) is 5.48. The minimum atomic E-state index is -0.202. The second-order valence-corrected chi connectivity index (χ2v) is 5.01. The number of pyridine rings is 1. The van der Waals surface area contributed by atoms with Gasteiger partial charge in [-0.3, -0.25) is 0 Å². The molecule has 2 aromatic rings. The number of benzene rings is 1. The molecule has 18 heavy (non-hydrogen) atoms. The van der Waals surface area contributed by atoms with Gasteiger partial charge in [0.2, 0.25) is 0 Å². The van der Waals surface area contributed by atoms with Crippen molar-refractivity contribution < 1.29 is 4.39 Å². The average Bonchev–Trinajstić information content (AvgIpc) is 2.34. The van der Waals surface area contributed by atoms with E-state index in [9.17, 15) is 4.39 Å². The van der Waals surface area contributed by atoms with E-state index in [4.69, 9.17) is 0 Å². The van der Waals surface area contributed by atoms with Crippen molar-refractivity contribution >= 4 is 21.7 Å². The molecule has 0 saturated heterocycles. The molecule has 1 N–H and O–H groups in total. The minimum Gasteiger partial charge on any atom is -0.363 e. The van der Waals surface area contributed by atoms with E-state index in [0.29, 0.717) is 5.56 Å². The fraction of sp³-hybridized carbons (Fsp3) is 0.214. The highest BCUT2D eigenvalue weighted by molar-refractivity contribution is 9.10. The van der Waals surface area contributed by atoms with Crippen molar-refractivity contribution in [2.24, 2.45) is 0 Å². The molecule has 1 aromatic carbocycles. The molecule has 0 saturated carbocycles. The van der Waals surface area contributed by atoms with Crippen molar-refractivity contribution in [3.63, 3.8) is 0 Å². The molecular formula is C14H14BrFN2. The van der Waals surface area contributed by atoms with Crippen LogP contribution in [0.3, 0.4) is 0 Å². The van der Waals surface area contributed by atoms with Crippen molar-refractivity contribution in [3.05, 3.63) is 57.9 Å². The van der Waals surface area contributed by atoms with E-state index in [-0.39, 0.29) is 11.9 Å². The zero-order valence-electron chi connectivity index (χ0n) is 10.2. The normalized spacial score (nSPS) is 12.2. The number of aromatic nitrogens is 1. The lowest BCUT2D eigenvalue weighted by atomic mass is 10.1. The molecule has 1 unspecified atom stereocenters. The molecule has 2 nitrogen and oxygen atoms in total. The number of aryl methyl sites for hydroxylation is 1. The van der Waals surface area contributed by atoms with E-state index < -0.39 is 0 Å². The first-order valence-electron chi connectivity index (χ1n) is 5.72. The predicted molar refractivity (Wildman–Crippen MR) is 75.1 cm³/mol. The van der Waals surface area contributed by atoms with Crippen molar-refractivity contribution in [1.29, 1.82) is 0 Å². The molecule has 0 radical (unpaired) electrons. The highest BCUT2D eigenvalue weighted by Gasteiger charge is 2.10. The van der Waals surface area contributed by atoms with Gasteiger partial charge in [-0.2, -0.15) is 0 Å². The van der Waals surface area contributed by atoms with Crippen LogP contribution in [0, 0.1) is 12.7 Å². The predicted octanol–water partition coefficient (Wildman–Crippen LogP) is 4.46. The summed E-state index contributed by atoms with van der Waals surface area (Å²) in [5.41, 5.74) is 1.54. The second-order valence-electron chi connectivity index (χ2n) is 4.15. The summed E-state index contributed by atoms with van der Waals surface area (Å²) in [7, 11) is 0. The SMILES string of the molecule is Cc1nc(NC(C)c2ccccc2F)ccc1Br. The zero-order chi connectivity index (χ0) is 13.1. The maximum atomic E-state index is 13.6. The van der Waals surface area contributed by atoms with Gasteiger partial charge in [-0.05, 0) is 48.0 Å². The summed E-state index contributed by atoms with van der Waals surface area (Å²) in [4.78, 5) is 4.39. The number of nitrogens with zero attached hydrogens (tertiary/aromatic N) is 1. The molecular weight excluding hydrogens is 295 g/mol. The van der Waals surface area contributed by atoms with E-state index in [1.54, 1.807) is 12.1 Å².